The van der Waals surface area contributed by atoms with E-state index in [0.29, 0.717) is 0 Å². The van der Waals surface area contributed by atoms with Crippen molar-refractivity contribution in [3.05, 3.63) is 48.3 Å². The Bertz CT molecular complexity index is 305. The fourth-order valence-corrected chi connectivity index (χ4v) is 0.936. The topological polar surface area (TPSA) is 26.3 Å². The van der Waals surface area contributed by atoms with Gasteiger partial charge in [0.15, 0.2) is 0 Å². The first kappa shape index (κ1) is 6.98. The van der Waals surface area contributed by atoms with Crippen molar-refractivity contribution in [1.29, 1.82) is 0 Å². The van der Waals surface area contributed by atoms with Gasteiger partial charge in [0.25, 0.3) is 0 Å². The lowest BCUT2D eigenvalue weighted by Crippen LogP contribution is -1.61. The SMILES string of the molecule is C(=Cc1ccco1)c1ccco1. The van der Waals surface area contributed by atoms with E-state index in [9.17, 15) is 0 Å². The van der Waals surface area contributed by atoms with Gasteiger partial charge in [-0.25, -0.2) is 0 Å². The molecule has 0 aliphatic heterocycles. The standard InChI is InChI=1S/C10H8O2/c1-3-9(11-7-1)5-6-10-4-2-8-12-10/h1-8H. The molecule has 0 atom stereocenters. The minimum Gasteiger partial charge on any atom is -0.465 e. The molecule has 60 valence electrons. The largest absolute Gasteiger partial charge is 0.465 e. The van der Waals surface area contributed by atoms with Crippen LogP contribution in [0.2, 0.25) is 0 Å². The molecule has 0 aromatic carbocycles. The zero-order valence-corrected chi connectivity index (χ0v) is 6.44. The summed E-state index contributed by atoms with van der Waals surface area (Å²) in [4.78, 5) is 0. The summed E-state index contributed by atoms with van der Waals surface area (Å²) < 4.78 is 10.2. The van der Waals surface area contributed by atoms with Gasteiger partial charge in [-0.1, -0.05) is 0 Å². The van der Waals surface area contributed by atoms with Gasteiger partial charge in [-0.2, -0.15) is 0 Å². The van der Waals surface area contributed by atoms with Crippen molar-refractivity contribution in [2.75, 3.05) is 0 Å². The third-order valence-electron chi connectivity index (χ3n) is 1.50. The molecule has 2 heteroatoms. The van der Waals surface area contributed by atoms with Gasteiger partial charge in [0.2, 0.25) is 0 Å². The van der Waals surface area contributed by atoms with Crippen molar-refractivity contribution >= 4 is 12.2 Å². The van der Waals surface area contributed by atoms with E-state index in [2.05, 4.69) is 0 Å². The van der Waals surface area contributed by atoms with Crippen LogP contribution < -0.4 is 0 Å². The van der Waals surface area contributed by atoms with Crippen molar-refractivity contribution in [2.24, 2.45) is 0 Å². The van der Waals surface area contributed by atoms with Crippen LogP contribution in [0.15, 0.2) is 45.6 Å². The second kappa shape index (κ2) is 3.13. The van der Waals surface area contributed by atoms with Crippen LogP contribution in [0.3, 0.4) is 0 Å². The Morgan fingerprint density at radius 1 is 0.833 bits per heavy atom. The smallest absolute Gasteiger partial charge is 0.126 e. The molecule has 0 aliphatic carbocycles. The summed E-state index contributed by atoms with van der Waals surface area (Å²) in [6, 6.07) is 7.47. The van der Waals surface area contributed by atoms with Gasteiger partial charge in [-0.15, -0.1) is 0 Å². The third-order valence-corrected chi connectivity index (χ3v) is 1.50. The number of furan rings is 2. The molecule has 0 amide bonds. The van der Waals surface area contributed by atoms with Crippen LogP contribution in [0.4, 0.5) is 0 Å². The lowest BCUT2D eigenvalue weighted by molar-refractivity contribution is 0.552. The molecular weight excluding hydrogens is 152 g/mol. The average Bonchev–Trinajstić information content (AvgIpc) is 2.74. The summed E-state index contributed by atoms with van der Waals surface area (Å²) in [6.45, 7) is 0. The van der Waals surface area contributed by atoms with E-state index in [0.717, 1.165) is 11.5 Å². The highest BCUT2D eigenvalue weighted by atomic mass is 16.3. The summed E-state index contributed by atoms with van der Waals surface area (Å²) >= 11 is 0. The normalized spacial score (nSPS) is 11.0. The maximum atomic E-state index is 5.10. The van der Waals surface area contributed by atoms with Crippen molar-refractivity contribution in [1.82, 2.24) is 0 Å². The maximum absolute atomic E-state index is 5.10. The van der Waals surface area contributed by atoms with Crippen LogP contribution in [-0.2, 0) is 0 Å². The van der Waals surface area contributed by atoms with Gasteiger partial charge in [0.05, 0.1) is 12.5 Å². The van der Waals surface area contributed by atoms with Crippen molar-refractivity contribution < 1.29 is 8.83 Å². The first-order chi connectivity index (χ1) is 5.95. The molecule has 0 radical (unpaired) electrons. The molecule has 2 nitrogen and oxygen atoms in total. The lowest BCUT2D eigenvalue weighted by atomic mass is 10.3. The highest BCUT2D eigenvalue weighted by Gasteiger charge is 1.89. The molecular formula is C10H8O2. The molecule has 2 aromatic heterocycles. The molecule has 0 bridgehead atoms. The van der Waals surface area contributed by atoms with Gasteiger partial charge in [0, 0.05) is 0 Å². The molecule has 0 aliphatic rings. The Morgan fingerprint density at radius 3 is 1.67 bits per heavy atom. The quantitative estimate of drug-likeness (QED) is 0.674. The third kappa shape index (κ3) is 1.48. The predicted octanol–water partition coefficient (Wildman–Crippen LogP) is 3.04. The summed E-state index contributed by atoms with van der Waals surface area (Å²) in [6.07, 6.45) is 7.00. The zero-order valence-electron chi connectivity index (χ0n) is 6.44. The van der Waals surface area contributed by atoms with Gasteiger partial charge in [0.1, 0.15) is 11.5 Å². The van der Waals surface area contributed by atoms with Crippen LogP contribution in [0, 0.1) is 0 Å². The molecule has 2 aromatic rings. The van der Waals surface area contributed by atoms with Crippen LogP contribution in [-0.4, -0.2) is 0 Å². The van der Waals surface area contributed by atoms with E-state index >= 15 is 0 Å². The van der Waals surface area contributed by atoms with E-state index in [1.54, 1.807) is 12.5 Å². The Morgan fingerprint density at radius 2 is 1.33 bits per heavy atom. The monoisotopic (exact) mass is 160 g/mol. The molecule has 2 heterocycles. The number of rotatable bonds is 2. The van der Waals surface area contributed by atoms with Crippen LogP contribution in [0.1, 0.15) is 11.5 Å². The van der Waals surface area contributed by atoms with Crippen LogP contribution >= 0.6 is 0 Å². The molecule has 0 saturated heterocycles. The van der Waals surface area contributed by atoms with E-state index in [4.69, 9.17) is 8.83 Å². The number of hydrogen-bond donors (Lipinski definition) is 0. The van der Waals surface area contributed by atoms with Gasteiger partial charge < -0.3 is 8.83 Å². The molecule has 12 heavy (non-hydrogen) atoms. The zero-order chi connectivity index (χ0) is 8.23. The Kier molecular flexibility index (Phi) is 1.82. The van der Waals surface area contributed by atoms with Crippen molar-refractivity contribution in [2.45, 2.75) is 0 Å². The minimum atomic E-state index is 0.825. The predicted molar refractivity (Wildman–Crippen MR) is 46.3 cm³/mol. The molecule has 0 N–H and O–H groups in total. The van der Waals surface area contributed by atoms with Crippen LogP contribution in [0.25, 0.3) is 12.2 Å². The minimum absolute atomic E-state index is 0.825. The first-order valence-electron chi connectivity index (χ1n) is 3.70. The fraction of sp³-hybridized carbons (Fsp3) is 0. The summed E-state index contributed by atoms with van der Waals surface area (Å²) in [5.74, 6) is 1.65. The lowest BCUT2D eigenvalue weighted by Gasteiger charge is -1.82. The van der Waals surface area contributed by atoms with E-state index in [1.807, 2.05) is 36.4 Å². The first-order valence-corrected chi connectivity index (χ1v) is 3.70. The Balaban J connectivity index is 2.14. The fourth-order valence-electron chi connectivity index (χ4n) is 0.936. The van der Waals surface area contributed by atoms with Gasteiger partial charge >= 0.3 is 0 Å². The van der Waals surface area contributed by atoms with Gasteiger partial charge in [-0.05, 0) is 36.4 Å². The molecule has 0 fully saturated rings. The Hall–Kier alpha value is -1.70. The van der Waals surface area contributed by atoms with E-state index in [-0.39, 0.29) is 0 Å². The molecule has 0 saturated carbocycles. The molecule has 0 unspecified atom stereocenters. The van der Waals surface area contributed by atoms with Gasteiger partial charge in [-0.3, -0.25) is 0 Å². The second-order valence-electron chi connectivity index (χ2n) is 2.36. The average molecular weight is 160 g/mol. The van der Waals surface area contributed by atoms with Crippen LogP contribution in [0.5, 0.6) is 0 Å². The summed E-state index contributed by atoms with van der Waals surface area (Å²) in [5, 5.41) is 0. The summed E-state index contributed by atoms with van der Waals surface area (Å²) in [7, 11) is 0. The second-order valence-corrected chi connectivity index (χ2v) is 2.36. The number of hydrogen-bond acceptors (Lipinski definition) is 2. The van der Waals surface area contributed by atoms with E-state index < -0.39 is 0 Å². The molecule has 2 rings (SSSR count). The molecule has 0 spiro atoms. The summed E-state index contributed by atoms with van der Waals surface area (Å²) in [5.41, 5.74) is 0. The van der Waals surface area contributed by atoms with Crippen molar-refractivity contribution in [3.8, 4) is 0 Å². The maximum Gasteiger partial charge on any atom is 0.126 e. The Labute approximate surface area is 70.1 Å². The highest BCUT2D eigenvalue weighted by Crippen LogP contribution is 2.08. The highest BCUT2D eigenvalue weighted by molar-refractivity contribution is 5.64. The van der Waals surface area contributed by atoms with E-state index in [1.165, 1.54) is 0 Å². The van der Waals surface area contributed by atoms with Crippen molar-refractivity contribution in [3.63, 3.8) is 0 Å².